The Balaban J connectivity index is 1.47. The highest BCUT2D eigenvalue weighted by atomic mass is 16.1. The van der Waals surface area contributed by atoms with Crippen molar-refractivity contribution in [1.82, 2.24) is 14.9 Å². The van der Waals surface area contributed by atoms with Gasteiger partial charge in [-0.3, -0.25) is 19.5 Å². The molecule has 2 N–H and O–H groups in total. The number of nitrogens with zero attached hydrogens (tertiary/aromatic N) is 3. The Bertz CT molecular complexity index is 937. The van der Waals surface area contributed by atoms with Crippen molar-refractivity contribution < 1.29 is 4.79 Å². The molecule has 1 amide bonds. The monoisotopic (exact) mass is 395 g/mol. The van der Waals surface area contributed by atoms with Crippen LogP contribution < -0.4 is 15.8 Å². The molecule has 3 heterocycles. The number of amides is 1. The highest BCUT2D eigenvalue weighted by Crippen LogP contribution is 2.22. The van der Waals surface area contributed by atoms with Gasteiger partial charge >= 0.3 is 0 Å². The summed E-state index contributed by atoms with van der Waals surface area (Å²) in [5.74, 6) is 1.28. The van der Waals surface area contributed by atoms with Crippen molar-refractivity contribution in [2.24, 2.45) is 5.92 Å². The van der Waals surface area contributed by atoms with E-state index in [1.54, 1.807) is 0 Å². The minimum Gasteiger partial charge on any atom is -0.342 e. The molecule has 2 aliphatic rings. The van der Waals surface area contributed by atoms with Gasteiger partial charge in [0.05, 0.1) is 5.69 Å². The number of nitrogens with one attached hydrogen (secondary N) is 2. The lowest BCUT2D eigenvalue weighted by Gasteiger charge is -2.33. The number of hydrogen-bond donors (Lipinski definition) is 2. The normalized spacial score (nSPS) is 19.7. The van der Waals surface area contributed by atoms with E-state index in [0.29, 0.717) is 12.5 Å². The number of fused-ring (bicyclic) bond motifs is 1. The van der Waals surface area contributed by atoms with Crippen LogP contribution in [0.5, 0.6) is 0 Å². The Morgan fingerprint density at radius 3 is 2.79 bits per heavy atom. The SMILES string of the molecule is CC(=O)Nc1ccc(CN2CCc3c(nc(N4CCC[C@H](C)C4)[nH]c3=O)C2)cc1. The van der Waals surface area contributed by atoms with Crippen molar-refractivity contribution >= 4 is 17.5 Å². The van der Waals surface area contributed by atoms with Gasteiger partial charge in [0.15, 0.2) is 0 Å². The number of hydrogen-bond acceptors (Lipinski definition) is 5. The standard InChI is InChI=1S/C22H29N5O2/c1-15-4-3-10-27(12-15)22-24-20-14-26(11-9-19(20)21(29)25-22)13-17-5-7-18(8-6-17)23-16(2)28/h5-8,15H,3-4,9-14H2,1-2H3,(H,23,28)(H,24,25,29)/t15-/m0/s1. The van der Waals surface area contributed by atoms with Gasteiger partial charge < -0.3 is 10.2 Å². The van der Waals surface area contributed by atoms with E-state index in [9.17, 15) is 9.59 Å². The van der Waals surface area contributed by atoms with Crippen molar-refractivity contribution in [3.63, 3.8) is 0 Å². The number of aromatic nitrogens is 2. The van der Waals surface area contributed by atoms with Gasteiger partial charge in [-0.05, 0) is 42.9 Å². The zero-order valence-corrected chi connectivity index (χ0v) is 17.2. The van der Waals surface area contributed by atoms with E-state index in [2.05, 4.69) is 27.0 Å². The van der Waals surface area contributed by atoms with Gasteiger partial charge in [-0.25, -0.2) is 4.98 Å². The van der Waals surface area contributed by atoms with Crippen LogP contribution in [0.15, 0.2) is 29.1 Å². The molecule has 4 rings (SSSR count). The first-order chi connectivity index (χ1) is 14.0. The van der Waals surface area contributed by atoms with E-state index in [1.807, 2.05) is 24.3 Å². The molecular formula is C22H29N5O2. The van der Waals surface area contributed by atoms with Gasteiger partial charge in [-0.2, -0.15) is 0 Å². The number of rotatable bonds is 4. The summed E-state index contributed by atoms with van der Waals surface area (Å²) < 4.78 is 0. The van der Waals surface area contributed by atoms with Crippen molar-refractivity contribution in [3.05, 3.63) is 51.4 Å². The first kappa shape index (κ1) is 19.6. The molecule has 1 atom stereocenters. The molecule has 2 aromatic rings. The van der Waals surface area contributed by atoms with Crippen LogP contribution in [0.2, 0.25) is 0 Å². The van der Waals surface area contributed by atoms with Crippen LogP contribution in [0.4, 0.5) is 11.6 Å². The predicted octanol–water partition coefficient (Wildman–Crippen LogP) is 2.52. The third-order valence-corrected chi connectivity index (χ3v) is 5.78. The Morgan fingerprint density at radius 1 is 1.28 bits per heavy atom. The highest BCUT2D eigenvalue weighted by Gasteiger charge is 2.24. The number of anilines is 2. The van der Waals surface area contributed by atoms with Crippen molar-refractivity contribution in [3.8, 4) is 0 Å². The lowest BCUT2D eigenvalue weighted by atomic mass is 10.0. The van der Waals surface area contributed by atoms with Gasteiger partial charge in [-0.1, -0.05) is 19.1 Å². The summed E-state index contributed by atoms with van der Waals surface area (Å²) in [5.41, 5.74) is 3.73. The zero-order chi connectivity index (χ0) is 20.4. The van der Waals surface area contributed by atoms with Gasteiger partial charge in [0.1, 0.15) is 0 Å². The second kappa shape index (κ2) is 8.37. The van der Waals surface area contributed by atoms with Crippen molar-refractivity contribution in [2.75, 3.05) is 29.9 Å². The number of piperidine rings is 1. The lowest BCUT2D eigenvalue weighted by Crippen LogP contribution is -2.39. The van der Waals surface area contributed by atoms with Gasteiger partial charge in [0.2, 0.25) is 11.9 Å². The van der Waals surface area contributed by atoms with Crippen LogP contribution in [0.25, 0.3) is 0 Å². The Morgan fingerprint density at radius 2 is 2.07 bits per heavy atom. The Labute approximate surface area is 171 Å². The molecule has 1 aromatic carbocycles. The molecule has 1 saturated heterocycles. The molecule has 0 saturated carbocycles. The maximum Gasteiger partial charge on any atom is 0.255 e. The average molecular weight is 396 g/mol. The van der Waals surface area contributed by atoms with E-state index < -0.39 is 0 Å². The van der Waals surface area contributed by atoms with E-state index in [-0.39, 0.29) is 11.5 Å². The largest absolute Gasteiger partial charge is 0.342 e. The van der Waals surface area contributed by atoms with Crippen LogP contribution in [0, 0.1) is 5.92 Å². The predicted molar refractivity (Wildman–Crippen MR) is 114 cm³/mol. The van der Waals surface area contributed by atoms with E-state index in [0.717, 1.165) is 61.9 Å². The van der Waals surface area contributed by atoms with Crippen LogP contribution >= 0.6 is 0 Å². The molecule has 2 aliphatic heterocycles. The molecule has 29 heavy (non-hydrogen) atoms. The number of H-pyrrole nitrogens is 1. The second-order valence-corrected chi connectivity index (χ2v) is 8.35. The van der Waals surface area contributed by atoms with E-state index >= 15 is 0 Å². The Kier molecular flexibility index (Phi) is 5.67. The summed E-state index contributed by atoms with van der Waals surface area (Å²) in [7, 11) is 0. The van der Waals surface area contributed by atoms with Gasteiger partial charge in [-0.15, -0.1) is 0 Å². The number of carbonyl (C=O) groups excluding carboxylic acids is 1. The first-order valence-corrected chi connectivity index (χ1v) is 10.4. The first-order valence-electron chi connectivity index (χ1n) is 10.4. The van der Waals surface area contributed by atoms with Crippen molar-refractivity contribution in [2.45, 2.75) is 46.2 Å². The van der Waals surface area contributed by atoms with Crippen LogP contribution in [0.3, 0.4) is 0 Å². The highest BCUT2D eigenvalue weighted by molar-refractivity contribution is 5.88. The maximum atomic E-state index is 12.6. The minimum absolute atomic E-state index is 0.0162. The Hall–Kier alpha value is -2.67. The van der Waals surface area contributed by atoms with E-state index in [4.69, 9.17) is 4.98 Å². The quantitative estimate of drug-likeness (QED) is 0.831. The molecule has 154 valence electrons. The number of benzene rings is 1. The number of carbonyl (C=O) groups is 1. The summed E-state index contributed by atoms with van der Waals surface area (Å²) in [6.45, 7) is 7.98. The summed E-state index contributed by atoms with van der Waals surface area (Å²) in [4.78, 5) is 36.2. The van der Waals surface area contributed by atoms with Crippen molar-refractivity contribution in [1.29, 1.82) is 0 Å². The second-order valence-electron chi connectivity index (χ2n) is 8.35. The third kappa shape index (κ3) is 4.67. The van der Waals surface area contributed by atoms with Gasteiger partial charge in [0, 0.05) is 50.9 Å². The fourth-order valence-corrected chi connectivity index (χ4v) is 4.30. The molecule has 7 heteroatoms. The van der Waals surface area contributed by atoms with Crippen LogP contribution in [-0.2, 0) is 24.3 Å². The molecule has 7 nitrogen and oxygen atoms in total. The third-order valence-electron chi connectivity index (χ3n) is 5.78. The summed E-state index contributed by atoms with van der Waals surface area (Å²) in [6.07, 6.45) is 3.10. The number of aromatic amines is 1. The van der Waals surface area contributed by atoms with Gasteiger partial charge in [0.25, 0.3) is 5.56 Å². The molecule has 1 aromatic heterocycles. The fourth-order valence-electron chi connectivity index (χ4n) is 4.30. The molecule has 0 radical (unpaired) electrons. The average Bonchev–Trinajstić information content (AvgIpc) is 2.69. The van der Waals surface area contributed by atoms with Crippen LogP contribution in [-0.4, -0.2) is 40.4 Å². The molecule has 0 unspecified atom stereocenters. The molecule has 1 fully saturated rings. The fraction of sp³-hybridized carbons (Fsp3) is 0.500. The topological polar surface area (TPSA) is 81.3 Å². The summed E-state index contributed by atoms with van der Waals surface area (Å²) in [6, 6.07) is 7.92. The van der Waals surface area contributed by atoms with Crippen LogP contribution in [0.1, 0.15) is 43.5 Å². The minimum atomic E-state index is -0.0689. The smallest absolute Gasteiger partial charge is 0.255 e. The molecule has 0 bridgehead atoms. The van der Waals surface area contributed by atoms with E-state index in [1.165, 1.54) is 18.9 Å². The summed E-state index contributed by atoms with van der Waals surface area (Å²) in [5, 5.41) is 2.79. The molecule has 0 spiro atoms. The molecule has 0 aliphatic carbocycles. The molecular weight excluding hydrogens is 366 g/mol. The zero-order valence-electron chi connectivity index (χ0n) is 17.2. The lowest BCUT2D eigenvalue weighted by molar-refractivity contribution is -0.114. The summed E-state index contributed by atoms with van der Waals surface area (Å²) >= 11 is 0. The maximum absolute atomic E-state index is 12.6.